The third-order valence-electron chi connectivity index (χ3n) is 6.22. The SMILES string of the molecule is C[C@@H](c1ccccc1)N1C(=O)CC[C@]1(C)C(=O)NC1CCCCCCC1. The molecule has 4 nitrogen and oxygen atoms in total. The summed E-state index contributed by atoms with van der Waals surface area (Å²) >= 11 is 0. The van der Waals surface area contributed by atoms with Crippen molar-refractivity contribution in [3.63, 3.8) is 0 Å². The number of nitrogens with zero attached hydrogens (tertiary/aromatic N) is 1. The number of likely N-dealkylation sites (tertiary alicyclic amines) is 1. The van der Waals surface area contributed by atoms with Gasteiger partial charge in [0.25, 0.3) is 0 Å². The maximum Gasteiger partial charge on any atom is 0.245 e. The van der Waals surface area contributed by atoms with Crippen molar-refractivity contribution in [1.29, 1.82) is 0 Å². The molecule has 1 N–H and O–H groups in total. The van der Waals surface area contributed by atoms with E-state index < -0.39 is 5.54 Å². The Bertz CT molecular complexity index is 622. The molecule has 1 saturated carbocycles. The fourth-order valence-corrected chi connectivity index (χ4v) is 4.55. The molecule has 1 saturated heterocycles. The maximum atomic E-state index is 13.2. The third kappa shape index (κ3) is 3.94. The van der Waals surface area contributed by atoms with Crippen LogP contribution >= 0.6 is 0 Å². The van der Waals surface area contributed by atoms with Gasteiger partial charge in [-0.1, -0.05) is 62.4 Å². The van der Waals surface area contributed by atoms with E-state index in [4.69, 9.17) is 0 Å². The lowest BCUT2D eigenvalue weighted by Gasteiger charge is -2.39. The zero-order valence-corrected chi connectivity index (χ0v) is 16.2. The van der Waals surface area contributed by atoms with Crippen LogP contribution in [-0.2, 0) is 9.59 Å². The van der Waals surface area contributed by atoms with E-state index in [1.165, 1.54) is 32.1 Å². The second kappa shape index (κ2) is 8.24. The number of hydrogen-bond donors (Lipinski definition) is 1. The Hall–Kier alpha value is -1.84. The van der Waals surface area contributed by atoms with Gasteiger partial charge in [0.15, 0.2) is 0 Å². The van der Waals surface area contributed by atoms with Crippen LogP contribution < -0.4 is 5.32 Å². The summed E-state index contributed by atoms with van der Waals surface area (Å²) in [5.74, 6) is 0.105. The van der Waals surface area contributed by atoms with E-state index in [1.54, 1.807) is 0 Å². The molecule has 3 rings (SSSR count). The molecule has 1 heterocycles. The maximum absolute atomic E-state index is 13.2. The summed E-state index contributed by atoms with van der Waals surface area (Å²) in [5, 5.41) is 3.29. The topological polar surface area (TPSA) is 49.4 Å². The van der Waals surface area contributed by atoms with Crippen molar-refractivity contribution in [2.24, 2.45) is 0 Å². The van der Waals surface area contributed by atoms with E-state index in [9.17, 15) is 9.59 Å². The minimum Gasteiger partial charge on any atom is -0.351 e. The summed E-state index contributed by atoms with van der Waals surface area (Å²) in [4.78, 5) is 27.7. The minimum absolute atomic E-state index is 0.0247. The second-order valence-corrected chi connectivity index (χ2v) is 8.14. The molecular formula is C22H32N2O2. The first-order valence-corrected chi connectivity index (χ1v) is 10.2. The predicted molar refractivity (Wildman–Crippen MR) is 104 cm³/mol. The van der Waals surface area contributed by atoms with E-state index in [0.717, 1.165) is 18.4 Å². The molecule has 4 heteroatoms. The van der Waals surface area contributed by atoms with Gasteiger partial charge in [-0.05, 0) is 38.7 Å². The Morgan fingerprint density at radius 2 is 1.73 bits per heavy atom. The molecule has 0 unspecified atom stereocenters. The lowest BCUT2D eigenvalue weighted by molar-refractivity contribution is -0.143. The Morgan fingerprint density at radius 3 is 2.38 bits per heavy atom. The van der Waals surface area contributed by atoms with Crippen LogP contribution in [0.4, 0.5) is 0 Å². The molecule has 142 valence electrons. The van der Waals surface area contributed by atoms with Crippen molar-refractivity contribution in [3.05, 3.63) is 35.9 Å². The minimum atomic E-state index is -0.755. The zero-order chi connectivity index (χ0) is 18.6. The number of rotatable bonds is 4. The highest BCUT2D eigenvalue weighted by molar-refractivity contribution is 5.94. The van der Waals surface area contributed by atoms with Crippen LogP contribution in [-0.4, -0.2) is 28.3 Å². The van der Waals surface area contributed by atoms with Gasteiger partial charge in [-0.25, -0.2) is 0 Å². The molecule has 1 aromatic rings. The van der Waals surface area contributed by atoms with Gasteiger partial charge < -0.3 is 10.2 Å². The molecule has 1 aromatic carbocycles. The van der Waals surface area contributed by atoms with Crippen molar-refractivity contribution >= 4 is 11.8 Å². The molecule has 1 aliphatic heterocycles. The summed E-state index contributed by atoms with van der Waals surface area (Å²) in [7, 11) is 0. The predicted octanol–water partition coefficient (Wildman–Crippen LogP) is 4.36. The van der Waals surface area contributed by atoms with Crippen LogP contribution in [0.25, 0.3) is 0 Å². The Balaban J connectivity index is 1.75. The van der Waals surface area contributed by atoms with Crippen molar-refractivity contribution in [1.82, 2.24) is 10.2 Å². The monoisotopic (exact) mass is 356 g/mol. The smallest absolute Gasteiger partial charge is 0.245 e. The molecule has 2 fully saturated rings. The van der Waals surface area contributed by atoms with Crippen molar-refractivity contribution in [2.75, 3.05) is 0 Å². The Morgan fingerprint density at radius 1 is 1.12 bits per heavy atom. The van der Waals surface area contributed by atoms with Gasteiger partial charge >= 0.3 is 0 Å². The quantitative estimate of drug-likeness (QED) is 0.871. The Labute approximate surface area is 157 Å². The van der Waals surface area contributed by atoms with Gasteiger partial charge in [0.05, 0.1) is 6.04 Å². The van der Waals surface area contributed by atoms with Gasteiger partial charge in [0, 0.05) is 12.5 Å². The van der Waals surface area contributed by atoms with E-state index >= 15 is 0 Å². The number of benzene rings is 1. The number of carbonyl (C=O) groups is 2. The first-order valence-electron chi connectivity index (χ1n) is 10.2. The van der Waals surface area contributed by atoms with Crippen LogP contribution in [0, 0.1) is 0 Å². The summed E-state index contributed by atoms with van der Waals surface area (Å²) in [6, 6.07) is 10.2. The molecule has 26 heavy (non-hydrogen) atoms. The highest BCUT2D eigenvalue weighted by Crippen LogP contribution is 2.38. The van der Waals surface area contributed by atoms with Crippen molar-refractivity contribution in [2.45, 2.75) is 89.3 Å². The average molecular weight is 357 g/mol. The van der Waals surface area contributed by atoms with E-state index in [-0.39, 0.29) is 23.9 Å². The third-order valence-corrected chi connectivity index (χ3v) is 6.22. The van der Waals surface area contributed by atoms with Gasteiger partial charge in [0.2, 0.25) is 11.8 Å². The van der Waals surface area contributed by atoms with Gasteiger partial charge in [-0.2, -0.15) is 0 Å². The summed E-state index contributed by atoms with van der Waals surface area (Å²) < 4.78 is 0. The van der Waals surface area contributed by atoms with E-state index in [1.807, 2.05) is 49.1 Å². The highest BCUT2D eigenvalue weighted by atomic mass is 16.2. The van der Waals surface area contributed by atoms with Crippen molar-refractivity contribution in [3.8, 4) is 0 Å². The molecule has 2 atom stereocenters. The normalized spacial score (nSPS) is 26.2. The molecule has 0 spiro atoms. The fourth-order valence-electron chi connectivity index (χ4n) is 4.55. The molecule has 0 aromatic heterocycles. The fraction of sp³-hybridized carbons (Fsp3) is 0.636. The average Bonchev–Trinajstić information content (AvgIpc) is 2.93. The summed E-state index contributed by atoms with van der Waals surface area (Å²) in [6.07, 6.45) is 9.38. The summed E-state index contributed by atoms with van der Waals surface area (Å²) in [6.45, 7) is 3.97. The number of nitrogens with one attached hydrogen (secondary N) is 1. The van der Waals surface area contributed by atoms with Crippen molar-refractivity contribution < 1.29 is 9.59 Å². The summed E-state index contributed by atoms with van der Waals surface area (Å²) in [5.41, 5.74) is 0.321. The first-order chi connectivity index (χ1) is 12.5. The lowest BCUT2D eigenvalue weighted by Crippen LogP contribution is -2.57. The zero-order valence-electron chi connectivity index (χ0n) is 16.2. The standard InChI is InChI=1S/C22H32N2O2/c1-17(18-11-7-6-8-12-18)24-20(25)15-16-22(24,2)21(26)23-19-13-9-4-3-5-10-14-19/h6-8,11-12,17,19H,3-5,9-10,13-16H2,1-2H3,(H,23,26)/t17-,22+/m0/s1. The molecule has 2 amide bonds. The van der Waals surface area contributed by atoms with Crippen LogP contribution in [0.5, 0.6) is 0 Å². The van der Waals surface area contributed by atoms with Crippen LogP contribution in [0.15, 0.2) is 30.3 Å². The molecule has 0 radical (unpaired) electrons. The lowest BCUT2D eigenvalue weighted by atomic mass is 9.92. The molecule has 0 bridgehead atoms. The number of hydrogen-bond acceptors (Lipinski definition) is 2. The highest BCUT2D eigenvalue weighted by Gasteiger charge is 2.49. The van der Waals surface area contributed by atoms with Crippen LogP contribution in [0.2, 0.25) is 0 Å². The van der Waals surface area contributed by atoms with Crippen LogP contribution in [0.3, 0.4) is 0 Å². The number of amides is 2. The molecular weight excluding hydrogens is 324 g/mol. The van der Waals surface area contributed by atoms with E-state index in [2.05, 4.69) is 5.32 Å². The molecule has 2 aliphatic rings. The molecule has 1 aliphatic carbocycles. The largest absolute Gasteiger partial charge is 0.351 e. The first kappa shape index (κ1) is 18.9. The van der Waals surface area contributed by atoms with Crippen LogP contribution in [0.1, 0.15) is 83.2 Å². The van der Waals surface area contributed by atoms with Gasteiger partial charge in [-0.15, -0.1) is 0 Å². The van der Waals surface area contributed by atoms with Gasteiger partial charge in [-0.3, -0.25) is 9.59 Å². The number of carbonyl (C=O) groups excluding carboxylic acids is 2. The second-order valence-electron chi connectivity index (χ2n) is 8.14. The Kier molecular flexibility index (Phi) is 6.00. The van der Waals surface area contributed by atoms with E-state index in [0.29, 0.717) is 12.8 Å². The van der Waals surface area contributed by atoms with Gasteiger partial charge in [0.1, 0.15) is 5.54 Å².